The van der Waals surface area contributed by atoms with Crippen LogP contribution in [0.2, 0.25) is 0 Å². The number of hydrogen-bond acceptors (Lipinski definition) is 5. The molecule has 0 atom stereocenters. The van der Waals surface area contributed by atoms with Crippen LogP contribution in [0.1, 0.15) is 12.6 Å². The van der Waals surface area contributed by atoms with Crippen molar-refractivity contribution < 1.29 is 14.3 Å². The number of ether oxygens (including phenoxy) is 1. The summed E-state index contributed by atoms with van der Waals surface area (Å²) in [6, 6.07) is 3.00. The molecular weight excluding hydrogens is 224 g/mol. The van der Waals surface area contributed by atoms with E-state index in [9.17, 15) is 9.59 Å². The fourth-order valence-corrected chi connectivity index (χ4v) is 1.03. The largest absolute Gasteiger partial charge is 0.465 e. The number of hydrogen-bond donors (Lipinski definition) is 2. The number of rotatable bonds is 5. The number of carbonyl (C=O) groups is 2. The van der Waals surface area contributed by atoms with Crippen molar-refractivity contribution >= 4 is 12.0 Å². The maximum absolute atomic E-state index is 11.2. The Balaban J connectivity index is 2.20. The normalized spacial score (nSPS) is 9.47. The van der Waals surface area contributed by atoms with Gasteiger partial charge in [-0.15, -0.1) is 0 Å². The molecule has 1 aromatic rings. The van der Waals surface area contributed by atoms with E-state index in [0.29, 0.717) is 12.3 Å². The van der Waals surface area contributed by atoms with E-state index in [2.05, 4.69) is 25.6 Å². The van der Waals surface area contributed by atoms with Crippen LogP contribution in [0.5, 0.6) is 0 Å². The molecule has 2 N–H and O–H groups in total. The topological polar surface area (TPSA) is 93.2 Å². The molecule has 2 amide bonds. The first-order valence-electron chi connectivity index (χ1n) is 5.16. The maximum atomic E-state index is 11.2. The van der Waals surface area contributed by atoms with E-state index in [-0.39, 0.29) is 13.1 Å². The number of esters is 1. The Morgan fingerprint density at radius 1 is 1.41 bits per heavy atom. The standard InChI is InChI=1S/C10H14N4O3/c1-2-17-9(15)7-12-10(16)11-6-8-4-3-5-13-14-8/h3-5H,2,6-7H2,1H3,(H2,11,12,16). The molecule has 0 aliphatic carbocycles. The Labute approximate surface area is 98.6 Å². The van der Waals surface area contributed by atoms with Gasteiger partial charge in [0.05, 0.1) is 18.8 Å². The predicted octanol–water partition coefficient (Wildman–Crippen LogP) is -0.161. The highest BCUT2D eigenvalue weighted by molar-refractivity contribution is 5.80. The summed E-state index contributed by atoms with van der Waals surface area (Å²) < 4.78 is 4.65. The summed E-state index contributed by atoms with van der Waals surface area (Å²) in [5, 5.41) is 12.4. The minimum absolute atomic E-state index is 0.153. The monoisotopic (exact) mass is 238 g/mol. The molecule has 1 heterocycles. The first-order valence-corrected chi connectivity index (χ1v) is 5.16. The van der Waals surface area contributed by atoms with Crippen molar-refractivity contribution in [3.8, 4) is 0 Å². The summed E-state index contributed by atoms with van der Waals surface area (Å²) in [5.74, 6) is -0.470. The third kappa shape index (κ3) is 5.45. The van der Waals surface area contributed by atoms with Crippen molar-refractivity contribution in [1.82, 2.24) is 20.8 Å². The second-order valence-electron chi connectivity index (χ2n) is 3.06. The smallest absolute Gasteiger partial charge is 0.325 e. The summed E-state index contributed by atoms with van der Waals surface area (Å²) in [6.45, 7) is 2.09. The lowest BCUT2D eigenvalue weighted by Gasteiger charge is -2.06. The molecule has 0 aliphatic rings. The van der Waals surface area contributed by atoms with E-state index >= 15 is 0 Å². The highest BCUT2D eigenvalue weighted by Gasteiger charge is 2.05. The van der Waals surface area contributed by atoms with Gasteiger partial charge in [-0.3, -0.25) is 4.79 Å². The van der Waals surface area contributed by atoms with Crippen LogP contribution in [-0.2, 0) is 16.1 Å². The van der Waals surface area contributed by atoms with E-state index in [1.54, 1.807) is 25.3 Å². The van der Waals surface area contributed by atoms with E-state index in [4.69, 9.17) is 0 Å². The van der Waals surface area contributed by atoms with Crippen LogP contribution in [0.3, 0.4) is 0 Å². The van der Waals surface area contributed by atoms with Gasteiger partial charge in [0.2, 0.25) is 0 Å². The molecule has 0 radical (unpaired) electrons. The molecule has 1 rings (SSSR count). The van der Waals surface area contributed by atoms with Gasteiger partial charge < -0.3 is 15.4 Å². The lowest BCUT2D eigenvalue weighted by Crippen LogP contribution is -2.38. The second-order valence-corrected chi connectivity index (χ2v) is 3.06. The van der Waals surface area contributed by atoms with Crippen LogP contribution in [0.25, 0.3) is 0 Å². The average molecular weight is 238 g/mol. The van der Waals surface area contributed by atoms with E-state index < -0.39 is 12.0 Å². The molecule has 0 aliphatic heterocycles. The van der Waals surface area contributed by atoms with Crippen LogP contribution >= 0.6 is 0 Å². The fraction of sp³-hybridized carbons (Fsp3) is 0.400. The van der Waals surface area contributed by atoms with Gasteiger partial charge in [-0.1, -0.05) is 0 Å². The predicted molar refractivity (Wildman–Crippen MR) is 58.9 cm³/mol. The quantitative estimate of drug-likeness (QED) is 0.695. The number of aromatic nitrogens is 2. The molecule has 17 heavy (non-hydrogen) atoms. The van der Waals surface area contributed by atoms with Gasteiger partial charge in [-0.2, -0.15) is 10.2 Å². The molecule has 0 saturated carbocycles. The minimum Gasteiger partial charge on any atom is -0.465 e. The van der Waals surface area contributed by atoms with Crippen LogP contribution in [0, 0.1) is 0 Å². The van der Waals surface area contributed by atoms with Crippen LogP contribution in [0.15, 0.2) is 18.3 Å². The molecule has 7 nitrogen and oxygen atoms in total. The SMILES string of the molecule is CCOC(=O)CNC(=O)NCc1cccnn1. The fourth-order valence-electron chi connectivity index (χ4n) is 1.03. The van der Waals surface area contributed by atoms with Gasteiger partial charge >= 0.3 is 12.0 Å². The molecule has 0 spiro atoms. The Morgan fingerprint density at radius 2 is 2.24 bits per heavy atom. The summed E-state index contributed by atoms with van der Waals surface area (Å²) >= 11 is 0. The van der Waals surface area contributed by atoms with E-state index in [1.165, 1.54) is 0 Å². The Bertz CT molecular complexity index is 369. The molecule has 7 heteroatoms. The van der Waals surface area contributed by atoms with Crippen molar-refractivity contribution in [1.29, 1.82) is 0 Å². The van der Waals surface area contributed by atoms with Crippen LogP contribution in [-0.4, -0.2) is 35.3 Å². The number of nitrogens with zero attached hydrogens (tertiary/aromatic N) is 2. The van der Waals surface area contributed by atoms with Crippen molar-refractivity contribution in [2.75, 3.05) is 13.2 Å². The Kier molecular flexibility index (Phi) is 5.42. The lowest BCUT2D eigenvalue weighted by molar-refractivity contribution is -0.141. The highest BCUT2D eigenvalue weighted by Crippen LogP contribution is 1.89. The van der Waals surface area contributed by atoms with Crippen molar-refractivity contribution in [2.45, 2.75) is 13.5 Å². The van der Waals surface area contributed by atoms with E-state index in [0.717, 1.165) is 0 Å². The highest BCUT2D eigenvalue weighted by atomic mass is 16.5. The van der Waals surface area contributed by atoms with E-state index in [1.807, 2.05) is 0 Å². The lowest BCUT2D eigenvalue weighted by atomic mass is 10.4. The van der Waals surface area contributed by atoms with Crippen molar-refractivity contribution in [3.05, 3.63) is 24.0 Å². The molecule has 1 aromatic heterocycles. The first kappa shape index (κ1) is 12.9. The van der Waals surface area contributed by atoms with Crippen molar-refractivity contribution in [3.63, 3.8) is 0 Å². The number of carbonyl (C=O) groups excluding carboxylic acids is 2. The summed E-state index contributed by atoms with van der Waals surface area (Å²) in [4.78, 5) is 22.2. The summed E-state index contributed by atoms with van der Waals surface area (Å²) in [6.07, 6.45) is 1.55. The molecule has 92 valence electrons. The number of nitrogens with one attached hydrogen (secondary N) is 2. The maximum Gasteiger partial charge on any atom is 0.325 e. The zero-order chi connectivity index (χ0) is 12.5. The number of urea groups is 1. The van der Waals surface area contributed by atoms with Crippen LogP contribution < -0.4 is 10.6 Å². The molecule has 0 unspecified atom stereocenters. The third-order valence-corrected chi connectivity index (χ3v) is 1.76. The Hall–Kier alpha value is -2.18. The molecule has 0 saturated heterocycles. The molecule has 0 fully saturated rings. The molecule has 0 bridgehead atoms. The van der Waals surface area contributed by atoms with Gasteiger partial charge in [0, 0.05) is 6.20 Å². The van der Waals surface area contributed by atoms with Gasteiger partial charge in [-0.05, 0) is 19.1 Å². The average Bonchev–Trinajstić information content (AvgIpc) is 2.35. The Morgan fingerprint density at radius 3 is 2.88 bits per heavy atom. The molecular formula is C10H14N4O3. The number of amides is 2. The van der Waals surface area contributed by atoms with Gasteiger partial charge in [0.15, 0.2) is 0 Å². The third-order valence-electron chi connectivity index (χ3n) is 1.76. The first-order chi connectivity index (χ1) is 8.22. The summed E-state index contributed by atoms with van der Waals surface area (Å²) in [7, 11) is 0. The van der Waals surface area contributed by atoms with Gasteiger partial charge in [0.25, 0.3) is 0 Å². The zero-order valence-electron chi connectivity index (χ0n) is 9.47. The molecule has 0 aromatic carbocycles. The minimum atomic E-state index is -0.470. The van der Waals surface area contributed by atoms with Crippen LogP contribution in [0.4, 0.5) is 4.79 Å². The summed E-state index contributed by atoms with van der Waals surface area (Å²) in [5.41, 5.74) is 0.638. The second kappa shape index (κ2) is 7.15. The van der Waals surface area contributed by atoms with Crippen molar-refractivity contribution in [2.24, 2.45) is 0 Å². The zero-order valence-corrected chi connectivity index (χ0v) is 9.47. The van der Waals surface area contributed by atoms with Gasteiger partial charge in [0.1, 0.15) is 6.54 Å². The van der Waals surface area contributed by atoms with Gasteiger partial charge in [-0.25, -0.2) is 4.79 Å².